The minimum atomic E-state index is -4.38. The van der Waals surface area contributed by atoms with Gasteiger partial charge in [-0.1, -0.05) is 36.4 Å². The van der Waals surface area contributed by atoms with E-state index < -0.39 is 12.3 Å². The van der Waals surface area contributed by atoms with Crippen LogP contribution in [0.1, 0.15) is 12.0 Å². The molecule has 0 spiro atoms. The van der Waals surface area contributed by atoms with Crippen LogP contribution in [0.4, 0.5) is 13.2 Å². The van der Waals surface area contributed by atoms with Crippen LogP contribution in [0.25, 0.3) is 0 Å². The van der Waals surface area contributed by atoms with E-state index in [1.807, 2.05) is 30.3 Å². The van der Waals surface area contributed by atoms with Crippen molar-refractivity contribution in [3.8, 4) is 0 Å². The zero-order chi connectivity index (χ0) is 13.4. The summed E-state index contributed by atoms with van der Waals surface area (Å²) < 4.78 is 40.6. The largest absolute Gasteiger partial charge is 0.409 e. The number of halogens is 3. The van der Waals surface area contributed by atoms with E-state index in [1.165, 1.54) is 0 Å². The maximum atomic E-state index is 11.8. The molecule has 1 aromatic rings. The van der Waals surface area contributed by atoms with Gasteiger partial charge in [0.15, 0.2) is 0 Å². The second kappa shape index (κ2) is 7.18. The molecule has 2 nitrogen and oxygen atoms in total. The third-order valence-corrected chi connectivity index (χ3v) is 2.18. The van der Waals surface area contributed by atoms with Crippen molar-refractivity contribution in [1.29, 1.82) is 0 Å². The normalized spacial score (nSPS) is 14.0. The van der Waals surface area contributed by atoms with Gasteiger partial charge >= 0.3 is 6.18 Å². The molecule has 0 aliphatic rings. The minimum absolute atomic E-state index is 0.0366. The highest BCUT2D eigenvalue weighted by atomic mass is 19.4. The predicted molar refractivity (Wildman–Crippen MR) is 61.9 cm³/mol. The molecule has 0 bridgehead atoms. The van der Waals surface area contributed by atoms with Crippen LogP contribution in [0.2, 0.25) is 0 Å². The Morgan fingerprint density at radius 2 is 1.89 bits per heavy atom. The second-order valence-corrected chi connectivity index (χ2v) is 3.79. The fourth-order valence-corrected chi connectivity index (χ4v) is 1.28. The smallest absolute Gasteiger partial charge is 0.389 e. The summed E-state index contributed by atoms with van der Waals surface area (Å²) in [6, 6.07) is 9.41. The summed E-state index contributed by atoms with van der Waals surface area (Å²) in [5.41, 5.74) is 0.984. The molecule has 1 N–H and O–H groups in total. The summed E-state index contributed by atoms with van der Waals surface area (Å²) in [6.45, 7) is 0.592. The van der Waals surface area contributed by atoms with Gasteiger partial charge in [0.05, 0.1) is 12.7 Å². The number of hydrogen-bond acceptors (Lipinski definition) is 2. The summed E-state index contributed by atoms with van der Waals surface area (Å²) >= 11 is 0. The van der Waals surface area contributed by atoms with Gasteiger partial charge in [-0.2, -0.15) is 13.2 Å². The lowest BCUT2D eigenvalue weighted by molar-refractivity contribution is -0.0806. The molecule has 0 saturated carbocycles. The van der Waals surface area contributed by atoms with Crippen molar-refractivity contribution >= 4 is 0 Å². The van der Waals surface area contributed by atoms with E-state index in [0.29, 0.717) is 6.61 Å². The van der Waals surface area contributed by atoms with Gasteiger partial charge in [-0.05, 0) is 5.56 Å². The predicted octanol–water partition coefficient (Wildman–Crippen LogP) is 3.07. The van der Waals surface area contributed by atoms with Crippen molar-refractivity contribution in [1.82, 2.24) is 0 Å². The van der Waals surface area contributed by atoms with E-state index in [0.717, 1.165) is 11.6 Å². The highest BCUT2D eigenvalue weighted by Crippen LogP contribution is 2.16. The maximum absolute atomic E-state index is 11.8. The number of aliphatic hydroxyl groups excluding tert-OH is 1. The van der Waals surface area contributed by atoms with Crippen LogP contribution in [0, 0.1) is 0 Å². The molecule has 0 radical (unpaired) electrons. The van der Waals surface area contributed by atoms with Gasteiger partial charge in [-0.3, -0.25) is 0 Å². The summed E-state index contributed by atoms with van der Waals surface area (Å²) in [4.78, 5) is 0. The average Bonchev–Trinajstić information content (AvgIpc) is 2.33. The quantitative estimate of drug-likeness (QED) is 0.629. The number of benzene rings is 1. The van der Waals surface area contributed by atoms with E-state index in [2.05, 4.69) is 0 Å². The topological polar surface area (TPSA) is 29.5 Å². The van der Waals surface area contributed by atoms with Crippen molar-refractivity contribution in [2.45, 2.75) is 25.3 Å². The van der Waals surface area contributed by atoms with Crippen molar-refractivity contribution in [3.05, 3.63) is 48.0 Å². The molecule has 1 rings (SSSR count). The molecule has 0 heterocycles. The molecule has 18 heavy (non-hydrogen) atoms. The maximum Gasteiger partial charge on any atom is 0.409 e. The number of hydrogen-bond donors (Lipinski definition) is 1. The molecule has 0 aliphatic carbocycles. The first kappa shape index (κ1) is 14.7. The molecule has 0 saturated heterocycles. The SMILES string of the molecule is OC(/C=C\C(F)(F)F)CCOCc1ccccc1. The van der Waals surface area contributed by atoms with Crippen LogP contribution in [-0.4, -0.2) is 24.0 Å². The number of allylic oxidation sites excluding steroid dienone is 1. The molecule has 100 valence electrons. The minimum Gasteiger partial charge on any atom is -0.389 e. The Hall–Kier alpha value is -1.33. The van der Waals surface area contributed by atoms with Crippen LogP contribution in [0.15, 0.2) is 42.5 Å². The van der Waals surface area contributed by atoms with Gasteiger partial charge in [0.2, 0.25) is 0 Å². The van der Waals surface area contributed by atoms with E-state index in [1.54, 1.807) is 0 Å². The number of aliphatic hydroxyl groups is 1. The summed E-state index contributed by atoms with van der Waals surface area (Å²) in [6.07, 6.45) is -4.62. The summed E-state index contributed by atoms with van der Waals surface area (Å²) in [5, 5.41) is 9.24. The Labute approximate surface area is 104 Å². The van der Waals surface area contributed by atoms with Gasteiger partial charge in [0.1, 0.15) is 0 Å². The molecule has 0 fully saturated rings. The number of ether oxygens (including phenoxy) is 1. The number of alkyl halides is 3. The Morgan fingerprint density at radius 3 is 2.50 bits per heavy atom. The van der Waals surface area contributed by atoms with Crippen molar-refractivity contribution in [2.75, 3.05) is 6.61 Å². The van der Waals surface area contributed by atoms with Crippen LogP contribution in [0.5, 0.6) is 0 Å². The average molecular weight is 260 g/mol. The molecular weight excluding hydrogens is 245 g/mol. The van der Waals surface area contributed by atoms with Crippen LogP contribution >= 0.6 is 0 Å². The first-order chi connectivity index (χ1) is 8.47. The Bertz CT molecular complexity index is 360. The molecule has 1 aromatic carbocycles. The molecule has 1 unspecified atom stereocenters. The van der Waals surface area contributed by atoms with Gasteiger partial charge in [-0.15, -0.1) is 0 Å². The fraction of sp³-hybridized carbons (Fsp3) is 0.385. The van der Waals surface area contributed by atoms with Gasteiger partial charge in [-0.25, -0.2) is 0 Å². The van der Waals surface area contributed by atoms with Crippen LogP contribution in [0.3, 0.4) is 0 Å². The van der Waals surface area contributed by atoms with Gasteiger partial charge in [0.25, 0.3) is 0 Å². The van der Waals surface area contributed by atoms with E-state index in [-0.39, 0.29) is 19.1 Å². The van der Waals surface area contributed by atoms with E-state index in [9.17, 15) is 18.3 Å². The lowest BCUT2D eigenvalue weighted by Gasteiger charge is -2.07. The zero-order valence-corrected chi connectivity index (χ0v) is 9.73. The van der Waals surface area contributed by atoms with Crippen molar-refractivity contribution < 1.29 is 23.0 Å². The molecular formula is C13H15F3O2. The third-order valence-electron chi connectivity index (χ3n) is 2.18. The van der Waals surface area contributed by atoms with E-state index >= 15 is 0 Å². The fourth-order valence-electron chi connectivity index (χ4n) is 1.28. The Balaban J connectivity index is 2.16. The zero-order valence-electron chi connectivity index (χ0n) is 9.73. The molecule has 5 heteroatoms. The van der Waals surface area contributed by atoms with Crippen LogP contribution < -0.4 is 0 Å². The molecule has 0 amide bonds. The lowest BCUT2D eigenvalue weighted by Crippen LogP contribution is -2.10. The lowest BCUT2D eigenvalue weighted by atomic mass is 10.2. The van der Waals surface area contributed by atoms with E-state index in [4.69, 9.17) is 4.74 Å². The molecule has 1 atom stereocenters. The first-order valence-corrected chi connectivity index (χ1v) is 5.53. The van der Waals surface area contributed by atoms with Crippen molar-refractivity contribution in [2.24, 2.45) is 0 Å². The highest BCUT2D eigenvalue weighted by molar-refractivity contribution is 5.13. The Morgan fingerprint density at radius 1 is 1.22 bits per heavy atom. The standard InChI is InChI=1S/C13H15F3O2/c14-13(15,16)8-6-12(17)7-9-18-10-11-4-2-1-3-5-11/h1-6,8,12,17H,7,9-10H2/b8-6-. The third kappa shape index (κ3) is 7.09. The molecule has 0 aliphatic heterocycles. The monoisotopic (exact) mass is 260 g/mol. The van der Waals surface area contributed by atoms with Gasteiger partial charge < -0.3 is 9.84 Å². The summed E-state index contributed by atoms with van der Waals surface area (Å²) in [7, 11) is 0. The first-order valence-electron chi connectivity index (χ1n) is 5.53. The van der Waals surface area contributed by atoms with Gasteiger partial charge in [0, 0.05) is 19.1 Å². The Kier molecular flexibility index (Phi) is 5.88. The second-order valence-electron chi connectivity index (χ2n) is 3.79. The highest BCUT2D eigenvalue weighted by Gasteiger charge is 2.22. The molecule has 0 aromatic heterocycles. The number of rotatable bonds is 6. The summed E-state index contributed by atoms with van der Waals surface area (Å²) in [5.74, 6) is 0. The van der Waals surface area contributed by atoms with Crippen molar-refractivity contribution in [3.63, 3.8) is 0 Å². The van der Waals surface area contributed by atoms with Crippen LogP contribution in [-0.2, 0) is 11.3 Å².